The van der Waals surface area contributed by atoms with Crippen molar-refractivity contribution >= 4 is 27.4 Å². The van der Waals surface area contributed by atoms with Crippen molar-refractivity contribution in [1.29, 1.82) is 0 Å². The number of aromatic nitrogens is 3. The molecule has 0 saturated carbocycles. The number of thiophene rings is 1. The van der Waals surface area contributed by atoms with E-state index < -0.39 is 0 Å². The summed E-state index contributed by atoms with van der Waals surface area (Å²) in [6.07, 6.45) is 3.06. The predicted octanol–water partition coefficient (Wildman–Crippen LogP) is 2.79. The number of fused-ring (bicyclic) bond motifs is 1. The maximum atomic E-state index is 6.06. The van der Waals surface area contributed by atoms with Gasteiger partial charge in [0.15, 0.2) is 0 Å². The molecule has 4 heterocycles. The Hall–Kier alpha value is -2.03. The van der Waals surface area contributed by atoms with Gasteiger partial charge in [0.2, 0.25) is 5.82 Å². The molecule has 3 aromatic heterocycles. The summed E-state index contributed by atoms with van der Waals surface area (Å²) in [5.74, 6) is 1.27. The van der Waals surface area contributed by atoms with Gasteiger partial charge < -0.3 is 14.9 Å². The number of nitrogens with two attached hydrogens (primary N) is 1. The van der Waals surface area contributed by atoms with E-state index in [0.717, 1.165) is 43.1 Å². The number of ether oxygens (including phenoxy) is 1. The molecule has 0 atom stereocenters. The zero-order chi connectivity index (χ0) is 16.9. The van der Waals surface area contributed by atoms with Crippen molar-refractivity contribution in [2.24, 2.45) is 0 Å². The predicted molar refractivity (Wildman–Crippen MR) is 94.8 cm³/mol. The number of hydrogen-bond donors (Lipinski definition) is 1. The fraction of sp³-hybridized carbons (Fsp3) is 0.438. The summed E-state index contributed by atoms with van der Waals surface area (Å²) in [4.78, 5) is 17.3. The van der Waals surface area contributed by atoms with Gasteiger partial charge in [-0.25, -0.2) is 15.0 Å². The molecule has 4 rings (SSSR count). The van der Waals surface area contributed by atoms with Crippen LogP contribution in [0.1, 0.15) is 18.7 Å². The lowest BCUT2D eigenvalue weighted by Crippen LogP contribution is -2.35. The van der Waals surface area contributed by atoms with E-state index in [-0.39, 0.29) is 0 Å². The minimum Gasteiger partial charge on any atom is -0.442 e. The third-order valence-electron chi connectivity index (χ3n) is 3.58. The van der Waals surface area contributed by atoms with E-state index in [9.17, 15) is 0 Å². The normalized spacial score (nSPS) is 15.2. The van der Waals surface area contributed by atoms with Crippen LogP contribution in [-0.2, 0) is 11.3 Å². The van der Waals surface area contributed by atoms with Gasteiger partial charge in [0.05, 0.1) is 24.8 Å². The minimum atomic E-state index is 0.386. The lowest BCUT2D eigenvalue weighted by molar-refractivity contribution is 0.0346. The van der Waals surface area contributed by atoms with Crippen LogP contribution in [0.3, 0.4) is 0 Å². The lowest BCUT2D eigenvalue weighted by Gasteiger charge is -2.25. The molecule has 1 aliphatic rings. The summed E-state index contributed by atoms with van der Waals surface area (Å²) in [6.45, 7) is 8.38. The first-order valence-corrected chi connectivity index (χ1v) is 8.87. The van der Waals surface area contributed by atoms with Crippen molar-refractivity contribution in [2.45, 2.75) is 20.4 Å². The molecule has 0 unspecified atom stereocenters. The van der Waals surface area contributed by atoms with E-state index in [4.69, 9.17) is 14.9 Å². The average Bonchev–Trinajstić information content (AvgIpc) is 3.27. The second kappa shape index (κ2) is 7.69. The van der Waals surface area contributed by atoms with Gasteiger partial charge in [-0.2, -0.15) is 0 Å². The molecule has 0 aliphatic carbocycles. The van der Waals surface area contributed by atoms with Crippen LogP contribution in [0.4, 0.5) is 5.82 Å². The number of rotatable bonds is 3. The highest BCUT2D eigenvalue weighted by Gasteiger charge is 2.16. The van der Waals surface area contributed by atoms with E-state index in [2.05, 4.69) is 25.9 Å². The first kappa shape index (κ1) is 16.8. The molecule has 24 heavy (non-hydrogen) atoms. The molecule has 0 bridgehead atoms. The topological polar surface area (TPSA) is 90.3 Å². The number of nitrogens with zero attached hydrogens (tertiary/aromatic N) is 4. The Morgan fingerprint density at radius 3 is 2.75 bits per heavy atom. The zero-order valence-electron chi connectivity index (χ0n) is 13.9. The molecule has 8 heteroatoms. The van der Waals surface area contributed by atoms with Gasteiger partial charge >= 0.3 is 0 Å². The second-order valence-corrected chi connectivity index (χ2v) is 6.20. The Balaban J connectivity index is 0.000000815. The zero-order valence-corrected chi connectivity index (χ0v) is 14.7. The van der Waals surface area contributed by atoms with Gasteiger partial charge in [-0.05, 0) is 6.07 Å². The molecular formula is C16H21N5O2S. The minimum absolute atomic E-state index is 0.386. The van der Waals surface area contributed by atoms with Gasteiger partial charge in [-0.1, -0.05) is 13.8 Å². The van der Waals surface area contributed by atoms with Crippen LogP contribution in [-0.4, -0.2) is 46.2 Å². The van der Waals surface area contributed by atoms with Crippen molar-refractivity contribution in [1.82, 2.24) is 19.9 Å². The monoisotopic (exact) mass is 347 g/mol. The van der Waals surface area contributed by atoms with Crippen molar-refractivity contribution in [3.8, 4) is 11.7 Å². The summed E-state index contributed by atoms with van der Waals surface area (Å²) in [6, 6.07) is 2.07. The number of oxazole rings is 1. The maximum Gasteiger partial charge on any atom is 0.264 e. The molecule has 1 saturated heterocycles. The molecule has 1 fully saturated rings. The number of hydrogen-bond acceptors (Lipinski definition) is 8. The van der Waals surface area contributed by atoms with Crippen LogP contribution in [0.25, 0.3) is 21.9 Å². The van der Waals surface area contributed by atoms with E-state index in [0.29, 0.717) is 17.5 Å². The molecular weight excluding hydrogens is 326 g/mol. The van der Waals surface area contributed by atoms with Crippen LogP contribution in [0.5, 0.6) is 0 Å². The third kappa shape index (κ3) is 3.55. The van der Waals surface area contributed by atoms with Gasteiger partial charge in [0.1, 0.15) is 16.9 Å². The van der Waals surface area contributed by atoms with E-state index in [1.165, 1.54) is 11.1 Å². The molecule has 128 valence electrons. The van der Waals surface area contributed by atoms with E-state index in [1.807, 2.05) is 13.8 Å². The highest BCUT2D eigenvalue weighted by molar-refractivity contribution is 7.18. The molecule has 0 amide bonds. The number of anilines is 1. The fourth-order valence-electron chi connectivity index (χ4n) is 2.48. The average molecular weight is 347 g/mol. The second-order valence-electron chi connectivity index (χ2n) is 5.09. The largest absolute Gasteiger partial charge is 0.442 e. The molecule has 1 aliphatic heterocycles. The molecule has 0 radical (unpaired) electrons. The number of morpholine rings is 1. The summed E-state index contributed by atoms with van der Waals surface area (Å²) >= 11 is 1.63. The van der Waals surface area contributed by atoms with Crippen molar-refractivity contribution < 1.29 is 9.15 Å². The summed E-state index contributed by atoms with van der Waals surface area (Å²) in [5, 5.41) is 0.892. The Kier molecular flexibility index (Phi) is 5.39. The Morgan fingerprint density at radius 1 is 1.25 bits per heavy atom. The van der Waals surface area contributed by atoms with Gasteiger partial charge in [-0.3, -0.25) is 4.90 Å². The summed E-state index contributed by atoms with van der Waals surface area (Å²) < 4.78 is 10.6. The van der Waals surface area contributed by atoms with Crippen LogP contribution in [0.15, 0.2) is 22.9 Å². The molecule has 3 aromatic rings. The van der Waals surface area contributed by atoms with Crippen molar-refractivity contribution in [2.75, 3.05) is 32.0 Å². The molecule has 0 aromatic carbocycles. The quantitative estimate of drug-likeness (QED) is 0.779. The number of nitrogen functional groups attached to an aromatic ring is 1. The first-order valence-electron chi connectivity index (χ1n) is 8.05. The maximum absolute atomic E-state index is 6.06. The third-order valence-corrected chi connectivity index (χ3v) is 4.59. The molecule has 7 nitrogen and oxygen atoms in total. The Bertz CT molecular complexity index is 781. The van der Waals surface area contributed by atoms with E-state index in [1.54, 1.807) is 17.5 Å². The van der Waals surface area contributed by atoms with Crippen LogP contribution in [0.2, 0.25) is 0 Å². The highest BCUT2D eigenvalue weighted by Crippen LogP contribution is 2.30. The SMILES string of the molecule is CC.Nc1nc(-c2ncco2)nc2sc(CN3CCOCC3)cc12. The van der Waals surface area contributed by atoms with Gasteiger partial charge in [0.25, 0.3) is 5.89 Å². The fourth-order valence-corrected chi connectivity index (χ4v) is 3.56. The standard InChI is InChI=1S/C14H15N5O2S.C2H6/c15-11-10-7-9(8-19-2-5-20-6-3-19)22-14(10)18-12(17-11)13-16-1-4-21-13;1-2/h1,4,7H,2-3,5-6,8H2,(H2,15,17,18);1-2H3. The smallest absolute Gasteiger partial charge is 0.264 e. The summed E-state index contributed by atoms with van der Waals surface area (Å²) in [7, 11) is 0. The van der Waals surface area contributed by atoms with Crippen molar-refractivity contribution in [3.63, 3.8) is 0 Å². The van der Waals surface area contributed by atoms with Gasteiger partial charge in [0, 0.05) is 24.5 Å². The first-order chi connectivity index (χ1) is 11.8. The van der Waals surface area contributed by atoms with Crippen LogP contribution in [0, 0.1) is 0 Å². The summed E-state index contributed by atoms with van der Waals surface area (Å²) in [5.41, 5.74) is 6.06. The Morgan fingerprint density at radius 2 is 2.04 bits per heavy atom. The lowest BCUT2D eigenvalue weighted by atomic mass is 10.3. The Labute approximate surface area is 144 Å². The highest BCUT2D eigenvalue weighted by atomic mass is 32.1. The van der Waals surface area contributed by atoms with Crippen LogP contribution < -0.4 is 5.73 Å². The van der Waals surface area contributed by atoms with E-state index >= 15 is 0 Å². The van der Waals surface area contributed by atoms with Gasteiger partial charge in [-0.15, -0.1) is 11.3 Å². The molecule has 2 N–H and O–H groups in total. The molecule has 0 spiro atoms. The van der Waals surface area contributed by atoms with Crippen molar-refractivity contribution in [3.05, 3.63) is 23.4 Å². The van der Waals surface area contributed by atoms with Crippen LogP contribution >= 0.6 is 11.3 Å².